The Bertz CT molecular complexity index is 655. The van der Waals surface area contributed by atoms with E-state index < -0.39 is 0 Å². The number of hydrogen-bond acceptors (Lipinski definition) is 3. The van der Waals surface area contributed by atoms with Crippen LogP contribution in [0.15, 0.2) is 61.2 Å². The van der Waals surface area contributed by atoms with Crippen molar-refractivity contribution in [2.45, 2.75) is 13.5 Å². The van der Waals surface area contributed by atoms with Crippen molar-refractivity contribution in [2.75, 3.05) is 5.32 Å². The standard InChI is InChI=1S/C16H16N4/c1-13-2-4-14(5-3-13)10-18-15-6-8-16(9-7-15)20-12-17-11-19-20/h2-9,11-12,18H,10H2,1H3. The summed E-state index contributed by atoms with van der Waals surface area (Å²) < 4.78 is 1.74. The smallest absolute Gasteiger partial charge is 0.138 e. The molecule has 0 unspecified atom stereocenters. The summed E-state index contributed by atoms with van der Waals surface area (Å²) in [7, 11) is 0. The van der Waals surface area contributed by atoms with Gasteiger partial charge in [0.25, 0.3) is 0 Å². The lowest BCUT2D eigenvalue weighted by Gasteiger charge is -2.08. The van der Waals surface area contributed by atoms with Crippen LogP contribution in [0.1, 0.15) is 11.1 Å². The van der Waals surface area contributed by atoms with Crippen molar-refractivity contribution in [3.63, 3.8) is 0 Å². The molecule has 0 bridgehead atoms. The van der Waals surface area contributed by atoms with Crippen LogP contribution in [0.5, 0.6) is 0 Å². The van der Waals surface area contributed by atoms with Gasteiger partial charge < -0.3 is 5.32 Å². The summed E-state index contributed by atoms with van der Waals surface area (Å²) in [5.74, 6) is 0. The van der Waals surface area contributed by atoms with E-state index in [1.165, 1.54) is 17.5 Å². The molecule has 0 saturated heterocycles. The number of benzene rings is 2. The van der Waals surface area contributed by atoms with Crippen molar-refractivity contribution < 1.29 is 0 Å². The van der Waals surface area contributed by atoms with Crippen molar-refractivity contribution in [1.29, 1.82) is 0 Å². The van der Waals surface area contributed by atoms with Crippen molar-refractivity contribution in [2.24, 2.45) is 0 Å². The van der Waals surface area contributed by atoms with Crippen molar-refractivity contribution in [3.05, 3.63) is 72.3 Å². The zero-order chi connectivity index (χ0) is 13.8. The molecule has 100 valence electrons. The molecular weight excluding hydrogens is 248 g/mol. The van der Waals surface area contributed by atoms with Gasteiger partial charge in [-0.1, -0.05) is 29.8 Å². The first-order chi connectivity index (χ1) is 9.81. The molecule has 0 aliphatic rings. The van der Waals surface area contributed by atoms with Crippen LogP contribution < -0.4 is 5.32 Å². The van der Waals surface area contributed by atoms with Gasteiger partial charge in [0.2, 0.25) is 0 Å². The van der Waals surface area contributed by atoms with E-state index in [-0.39, 0.29) is 0 Å². The molecule has 1 heterocycles. The van der Waals surface area contributed by atoms with E-state index in [1.807, 2.05) is 24.3 Å². The zero-order valence-electron chi connectivity index (χ0n) is 11.3. The average Bonchev–Trinajstić information content (AvgIpc) is 3.01. The van der Waals surface area contributed by atoms with Crippen molar-refractivity contribution in [3.8, 4) is 5.69 Å². The summed E-state index contributed by atoms with van der Waals surface area (Å²) in [4.78, 5) is 3.94. The first kappa shape index (κ1) is 12.4. The summed E-state index contributed by atoms with van der Waals surface area (Å²) in [6, 6.07) is 16.7. The minimum Gasteiger partial charge on any atom is -0.381 e. The lowest BCUT2D eigenvalue weighted by Crippen LogP contribution is -2.00. The number of nitrogens with zero attached hydrogens (tertiary/aromatic N) is 3. The Hall–Kier alpha value is -2.62. The van der Waals surface area contributed by atoms with Gasteiger partial charge in [-0.25, -0.2) is 9.67 Å². The minimum absolute atomic E-state index is 0.822. The maximum Gasteiger partial charge on any atom is 0.138 e. The third kappa shape index (κ3) is 2.85. The van der Waals surface area contributed by atoms with E-state index in [2.05, 4.69) is 46.6 Å². The average molecular weight is 264 g/mol. The normalized spacial score (nSPS) is 10.4. The summed E-state index contributed by atoms with van der Waals surface area (Å²) in [5, 5.41) is 7.51. The first-order valence-electron chi connectivity index (χ1n) is 6.56. The van der Waals surface area contributed by atoms with Crippen LogP contribution in [0.25, 0.3) is 5.69 Å². The van der Waals surface area contributed by atoms with E-state index in [1.54, 1.807) is 11.0 Å². The maximum atomic E-state index is 4.10. The van der Waals surface area contributed by atoms with Crippen LogP contribution >= 0.6 is 0 Å². The highest BCUT2D eigenvalue weighted by Crippen LogP contribution is 2.13. The summed E-state index contributed by atoms with van der Waals surface area (Å²) in [6.45, 7) is 2.92. The first-order valence-corrected chi connectivity index (χ1v) is 6.56. The second-order valence-corrected chi connectivity index (χ2v) is 4.73. The molecular formula is C16H16N4. The van der Waals surface area contributed by atoms with E-state index in [0.717, 1.165) is 17.9 Å². The van der Waals surface area contributed by atoms with Crippen molar-refractivity contribution in [1.82, 2.24) is 14.8 Å². The highest BCUT2D eigenvalue weighted by Gasteiger charge is 1.98. The Labute approximate surface area is 118 Å². The highest BCUT2D eigenvalue weighted by molar-refractivity contribution is 5.48. The van der Waals surface area contributed by atoms with Crippen LogP contribution in [0, 0.1) is 6.92 Å². The van der Waals surface area contributed by atoms with E-state index in [0.29, 0.717) is 0 Å². The molecule has 0 amide bonds. The molecule has 4 nitrogen and oxygen atoms in total. The van der Waals surface area contributed by atoms with Crippen molar-refractivity contribution >= 4 is 5.69 Å². The van der Waals surface area contributed by atoms with Gasteiger partial charge in [-0.15, -0.1) is 0 Å². The van der Waals surface area contributed by atoms with Gasteiger partial charge in [0.15, 0.2) is 0 Å². The fraction of sp³-hybridized carbons (Fsp3) is 0.125. The second kappa shape index (κ2) is 5.57. The molecule has 1 aromatic heterocycles. The molecule has 0 aliphatic heterocycles. The van der Waals surface area contributed by atoms with E-state index in [4.69, 9.17) is 0 Å². The summed E-state index contributed by atoms with van der Waals surface area (Å²) >= 11 is 0. The van der Waals surface area contributed by atoms with Crippen LogP contribution in [0.4, 0.5) is 5.69 Å². The maximum absolute atomic E-state index is 4.10. The van der Waals surface area contributed by atoms with Crippen LogP contribution in [-0.2, 0) is 6.54 Å². The van der Waals surface area contributed by atoms with Gasteiger partial charge in [-0.3, -0.25) is 0 Å². The van der Waals surface area contributed by atoms with Crippen LogP contribution in [0.2, 0.25) is 0 Å². The molecule has 3 rings (SSSR count). The summed E-state index contributed by atoms with van der Waals surface area (Å²) in [5.41, 5.74) is 4.65. The Morgan fingerprint density at radius 1 is 1.00 bits per heavy atom. The molecule has 3 aromatic rings. The number of anilines is 1. The minimum atomic E-state index is 0.822. The molecule has 20 heavy (non-hydrogen) atoms. The van der Waals surface area contributed by atoms with E-state index in [9.17, 15) is 0 Å². The summed E-state index contributed by atoms with van der Waals surface area (Å²) in [6.07, 6.45) is 3.22. The molecule has 0 fully saturated rings. The Morgan fingerprint density at radius 2 is 1.75 bits per heavy atom. The van der Waals surface area contributed by atoms with Crippen LogP contribution in [0.3, 0.4) is 0 Å². The quantitative estimate of drug-likeness (QED) is 0.787. The molecule has 0 saturated carbocycles. The third-order valence-electron chi connectivity index (χ3n) is 3.17. The Balaban J connectivity index is 1.65. The number of aromatic nitrogens is 3. The number of nitrogens with one attached hydrogen (secondary N) is 1. The molecule has 2 aromatic carbocycles. The highest BCUT2D eigenvalue weighted by atomic mass is 15.3. The SMILES string of the molecule is Cc1ccc(CNc2ccc(-n3cncn3)cc2)cc1. The lowest BCUT2D eigenvalue weighted by molar-refractivity contribution is 0.879. The fourth-order valence-corrected chi connectivity index (χ4v) is 1.98. The Morgan fingerprint density at radius 3 is 2.40 bits per heavy atom. The second-order valence-electron chi connectivity index (χ2n) is 4.73. The monoisotopic (exact) mass is 264 g/mol. The lowest BCUT2D eigenvalue weighted by atomic mass is 10.1. The van der Waals surface area contributed by atoms with Crippen LogP contribution in [-0.4, -0.2) is 14.8 Å². The molecule has 0 spiro atoms. The topological polar surface area (TPSA) is 42.7 Å². The molecule has 0 aliphatic carbocycles. The van der Waals surface area contributed by atoms with Gasteiger partial charge in [-0.05, 0) is 36.8 Å². The number of hydrogen-bond donors (Lipinski definition) is 1. The predicted molar refractivity (Wildman–Crippen MR) is 79.9 cm³/mol. The third-order valence-corrected chi connectivity index (χ3v) is 3.17. The largest absolute Gasteiger partial charge is 0.381 e. The number of rotatable bonds is 4. The van der Waals surface area contributed by atoms with Gasteiger partial charge in [-0.2, -0.15) is 5.10 Å². The molecule has 0 atom stereocenters. The predicted octanol–water partition coefficient (Wildman–Crippen LogP) is 3.19. The Kier molecular flexibility index (Phi) is 3.46. The molecule has 0 radical (unpaired) electrons. The van der Waals surface area contributed by atoms with Gasteiger partial charge in [0, 0.05) is 12.2 Å². The fourth-order valence-electron chi connectivity index (χ4n) is 1.98. The van der Waals surface area contributed by atoms with Gasteiger partial charge >= 0.3 is 0 Å². The van der Waals surface area contributed by atoms with Gasteiger partial charge in [0.1, 0.15) is 12.7 Å². The zero-order valence-corrected chi connectivity index (χ0v) is 11.3. The number of aryl methyl sites for hydroxylation is 1. The van der Waals surface area contributed by atoms with Gasteiger partial charge in [0.05, 0.1) is 5.69 Å². The molecule has 4 heteroatoms. The van der Waals surface area contributed by atoms with E-state index >= 15 is 0 Å². The molecule has 1 N–H and O–H groups in total.